The predicted octanol–water partition coefficient (Wildman–Crippen LogP) is 7.37. The first-order chi connectivity index (χ1) is 23.0. The minimum Gasteiger partial charge on any atom is -0.507 e. The van der Waals surface area contributed by atoms with Gasteiger partial charge in [0.15, 0.2) is 0 Å². The maximum absolute atomic E-state index is 13.7. The number of carbonyl (C=O) groups excluding carboxylic acids is 1. The van der Waals surface area contributed by atoms with Gasteiger partial charge in [0, 0.05) is 41.6 Å². The third-order valence-corrected chi connectivity index (χ3v) is 11.4. The van der Waals surface area contributed by atoms with Crippen molar-refractivity contribution in [3.63, 3.8) is 0 Å². The average Bonchev–Trinajstić information content (AvgIpc) is 3.58. The van der Waals surface area contributed by atoms with Gasteiger partial charge in [-0.2, -0.15) is 13.2 Å². The Morgan fingerprint density at radius 2 is 1.67 bits per heavy atom. The predicted molar refractivity (Wildman–Crippen MR) is 178 cm³/mol. The van der Waals surface area contributed by atoms with Gasteiger partial charge in [0.05, 0.1) is 16.4 Å². The molecule has 0 radical (unpaired) electrons. The lowest BCUT2D eigenvalue weighted by molar-refractivity contribution is -0.137. The second-order valence-corrected chi connectivity index (χ2v) is 14.6. The highest BCUT2D eigenvalue weighted by Crippen LogP contribution is 2.52. The molecular formula is C37H32F3N3O4S. The fourth-order valence-corrected chi connectivity index (χ4v) is 9.03. The number of phenols is 1. The number of aryl methyl sites for hydroxylation is 1. The fraction of sp³-hybridized carbons (Fsp3) is 0.270. The number of nitrogens with one attached hydrogen (secondary N) is 2. The molecule has 0 spiro atoms. The first-order valence-corrected chi connectivity index (χ1v) is 17.5. The van der Waals surface area contributed by atoms with Crippen molar-refractivity contribution in [2.75, 3.05) is 28.0 Å². The van der Waals surface area contributed by atoms with Gasteiger partial charge in [-0.1, -0.05) is 35.9 Å². The summed E-state index contributed by atoms with van der Waals surface area (Å²) in [4.78, 5) is 16.0. The van der Waals surface area contributed by atoms with Crippen LogP contribution >= 0.6 is 0 Å². The maximum Gasteiger partial charge on any atom is 0.416 e. The number of hydrogen-bond acceptors (Lipinski definition) is 5. The van der Waals surface area contributed by atoms with Crippen LogP contribution in [0, 0.1) is 0 Å². The van der Waals surface area contributed by atoms with Crippen molar-refractivity contribution in [1.29, 1.82) is 0 Å². The number of fused-ring (bicyclic) bond motifs is 2. The molecule has 1 amide bonds. The Labute approximate surface area is 276 Å². The van der Waals surface area contributed by atoms with Crippen LogP contribution < -0.4 is 14.9 Å². The molecule has 4 aromatic rings. The van der Waals surface area contributed by atoms with E-state index in [0.29, 0.717) is 23.4 Å². The number of halogens is 3. The van der Waals surface area contributed by atoms with Crippen molar-refractivity contribution in [1.82, 2.24) is 0 Å². The summed E-state index contributed by atoms with van der Waals surface area (Å²) in [5.74, 6) is -1.10. The Morgan fingerprint density at radius 3 is 2.44 bits per heavy atom. The van der Waals surface area contributed by atoms with Gasteiger partial charge in [0.1, 0.15) is 5.75 Å². The molecule has 2 atom stereocenters. The van der Waals surface area contributed by atoms with Gasteiger partial charge in [-0.25, -0.2) is 8.42 Å². The Hall–Kier alpha value is -4.77. The zero-order valence-corrected chi connectivity index (χ0v) is 26.6. The molecule has 3 aliphatic heterocycles. The summed E-state index contributed by atoms with van der Waals surface area (Å²) in [6.07, 6.45) is 1.77. The number of rotatable bonds is 6. The zero-order valence-electron chi connectivity index (χ0n) is 25.8. The molecule has 3 heterocycles. The highest BCUT2D eigenvalue weighted by Gasteiger charge is 2.43. The summed E-state index contributed by atoms with van der Waals surface area (Å²) < 4.78 is 68.4. The minimum absolute atomic E-state index is 0.0174. The van der Waals surface area contributed by atoms with E-state index in [2.05, 4.69) is 27.1 Å². The monoisotopic (exact) mass is 671 g/mol. The smallest absolute Gasteiger partial charge is 0.416 e. The molecule has 48 heavy (non-hydrogen) atoms. The normalized spacial score (nSPS) is 19.7. The Kier molecular flexibility index (Phi) is 7.10. The van der Waals surface area contributed by atoms with E-state index in [9.17, 15) is 31.5 Å². The molecule has 3 N–H and O–H groups in total. The van der Waals surface area contributed by atoms with Crippen LogP contribution in [0.25, 0.3) is 6.08 Å². The van der Waals surface area contributed by atoms with E-state index in [4.69, 9.17) is 0 Å². The number of alkyl halides is 3. The van der Waals surface area contributed by atoms with Crippen molar-refractivity contribution in [3.05, 3.63) is 117 Å². The lowest BCUT2D eigenvalue weighted by Gasteiger charge is -2.37. The van der Waals surface area contributed by atoms with E-state index in [1.54, 1.807) is 6.07 Å². The van der Waals surface area contributed by atoms with Crippen molar-refractivity contribution in [2.24, 2.45) is 0 Å². The topological polar surface area (TPSA) is 98.7 Å². The molecule has 0 bridgehead atoms. The molecule has 11 heteroatoms. The van der Waals surface area contributed by atoms with E-state index in [0.717, 1.165) is 90.9 Å². The summed E-state index contributed by atoms with van der Waals surface area (Å²) in [5, 5.41) is 14.5. The Bertz CT molecular complexity index is 2120. The molecule has 4 aromatic carbocycles. The number of amides is 1. The molecular weight excluding hydrogens is 639 g/mol. The highest BCUT2D eigenvalue weighted by atomic mass is 32.2. The number of sulfonamides is 1. The van der Waals surface area contributed by atoms with E-state index >= 15 is 0 Å². The van der Waals surface area contributed by atoms with Gasteiger partial charge in [0.2, 0.25) is 5.91 Å². The molecule has 4 aliphatic rings. The SMILES string of the molecule is O=C1Nc2ccc(S(=O)(=O)Nc3ccc(C(F)(F)F)cc3)cc2C1C1C(Cc2cc3c4c(c2O)CCCN4CCC3)=Cc2ccccc21. The van der Waals surface area contributed by atoms with Crippen molar-refractivity contribution < 1.29 is 31.5 Å². The van der Waals surface area contributed by atoms with Crippen LogP contribution in [-0.4, -0.2) is 32.5 Å². The van der Waals surface area contributed by atoms with E-state index in [-0.39, 0.29) is 16.5 Å². The number of aromatic hydroxyl groups is 1. The second-order valence-electron chi connectivity index (χ2n) is 13.0. The van der Waals surface area contributed by atoms with Crippen LogP contribution in [-0.2, 0) is 40.3 Å². The zero-order chi connectivity index (χ0) is 33.4. The van der Waals surface area contributed by atoms with Crippen LogP contribution in [0.1, 0.15) is 63.6 Å². The first-order valence-electron chi connectivity index (χ1n) is 16.0. The van der Waals surface area contributed by atoms with Gasteiger partial charge < -0.3 is 15.3 Å². The van der Waals surface area contributed by atoms with Crippen LogP contribution in [0.3, 0.4) is 0 Å². The Balaban J connectivity index is 1.15. The number of nitrogens with zero attached hydrogens (tertiary/aromatic N) is 1. The number of carbonyl (C=O) groups is 1. The van der Waals surface area contributed by atoms with Crippen LogP contribution in [0.15, 0.2) is 83.3 Å². The van der Waals surface area contributed by atoms with Gasteiger partial charge in [-0.05, 0) is 108 Å². The number of benzene rings is 4. The maximum atomic E-state index is 13.7. The second kappa shape index (κ2) is 11.2. The Morgan fingerprint density at radius 1 is 0.917 bits per heavy atom. The molecule has 246 valence electrons. The quantitative estimate of drug-likeness (QED) is 0.199. The number of phenolic OH excluding ortho intramolecular Hbond substituents is 1. The largest absolute Gasteiger partial charge is 0.507 e. The summed E-state index contributed by atoms with van der Waals surface area (Å²) >= 11 is 0. The van der Waals surface area contributed by atoms with Crippen LogP contribution in [0.5, 0.6) is 5.75 Å². The molecule has 8 rings (SSSR count). The summed E-state index contributed by atoms with van der Waals surface area (Å²) in [5.41, 5.74) is 7.23. The molecule has 2 unspecified atom stereocenters. The standard InChI is InChI=1S/C37H32F3N3O4S/c38-37(39,40)25-9-11-26(12-10-25)42-48(46,47)27-13-14-31-30(20-27)33(36(45)41-31)32-23(17-21-5-1-2-7-28(21)32)19-24-18-22-6-3-15-43-16-4-8-29(34(22)43)35(24)44/h1-2,5,7,9-14,17-18,20,32-33,42,44H,3-4,6,8,15-16,19H2,(H,41,45). The summed E-state index contributed by atoms with van der Waals surface area (Å²) in [6.45, 7) is 1.99. The average molecular weight is 672 g/mol. The van der Waals surface area contributed by atoms with Gasteiger partial charge in [-0.3, -0.25) is 9.52 Å². The third kappa shape index (κ3) is 5.11. The van der Waals surface area contributed by atoms with Crippen molar-refractivity contribution in [3.8, 4) is 5.75 Å². The van der Waals surface area contributed by atoms with Crippen LogP contribution in [0.2, 0.25) is 0 Å². The molecule has 0 saturated carbocycles. The van der Waals surface area contributed by atoms with E-state index in [1.807, 2.05) is 24.3 Å². The van der Waals surface area contributed by atoms with Gasteiger partial charge in [-0.15, -0.1) is 0 Å². The van der Waals surface area contributed by atoms with Gasteiger partial charge >= 0.3 is 6.18 Å². The molecule has 0 fully saturated rings. The molecule has 7 nitrogen and oxygen atoms in total. The molecule has 0 saturated heterocycles. The minimum atomic E-state index is -4.55. The van der Waals surface area contributed by atoms with Gasteiger partial charge in [0.25, 0.3) is 10.0 Å². The third-order valence-electron chi connectivity index (χ3n) is 10.0. The number of hydrogen-bond donors (Lipinski definition) is 3. The lowest BCUT2D eigenvalue weighted by atomic mass is 9.77. The highest BCUT2D eigenvalue weighted by molar-refractivity contribution is 7.92. The fourth-order valence-electron chi connectivity index (χ4n) is 7.94. The van der Waals surface area contributed by atoms with Crippen molar-refractivity contribution in [2.45, 2.75) is 55.0 Å². The molecule has 0 aromatic heterocycles. The summed E-state index contributed by atoms with van der Waals surface area (Å²) in [6, 6.07) is 18.1. The van der Waals surface area contributed by atoms with E-state index < -0.39 is 33.6 Å². The molecule has 1 aliphatic carbocycles. The first kappa shape index (κ1) is 30.6. The number of anilines is 3. The lowest BCUT2D eigenvalue weighted by Crippen LogP contribution is -2.34. The van der Waals surface area contributed by atoms with E-state index in [1.165, 1.54) is 23.4 Å². The van der Waals surface area contributed by atoms with Crippen molar-refractivity contribution >= 4 is 39.1 Å². The summed E-state index contributed by atoms with van der Waals surface area (Å²) in [7, 11) is -4.21. The number of allylic oxidation sites excluding steroid dienone is 1. The van der Waals surface area contributed by atoms with Crippen LogP contribution in [0.4, 0.5) is 30.2 Å².